The third-order valence-corrected chi connectivity index (χ3v) is 3.73. The molecule has 2 rings (SSSR count). The molecule has 0 saturated carbocycles. The molecule has 0 aliphatic carbocycles. The van der Waals surface area contributed by atoms with Gasteiger partial charge in [-0.3, -0.25) is 4.79 Å². The van der Waals surface area contributed by atoms with Crippen molar-refractivity contribution in [1.82, 2.24) is 0 Å². The Morgan fingerprint density at radius 1 is 1.35 bits per heavy atom. The van der Waals surface area contributed by atoms with Crippen LogP contribution >= 0.6 is 0 Å². The number of rotatable bonds is 4. The van der Waals surface area contributed by atoms with Gasteiger partial charge in [0.1, 0.15) is 0 Å². The van der Waals surface area contributed by atoms with Gasteiger partial charge < -0.3 is 4.90 Å². The number of para-hydroxylation sites is 1. The van der Waals surface area contributed by atoms with Crippen molar-refractivity contribution in [3.8, 4) is 0 Å². The highest BCUT2D eigenvalue weighted by Gasteiger charge is 2.23. The van der Waals surface area contributed by atoms with Gasteiger partial charge in [-0.2, -0.15) is 0 Å². The maximum Gasteiger partial charge on any atom is 0.164 e. The minimum Gasteiger partial charge on any atom is -0.371 e. The summed E-state index contributed by atoms with van der Waals surface area (Å²) in [4.78, 5) is 14.3. The van der Waals surface area contributed by atoms with E-state index >= 15 is 0 Å². The summed E-state index contributed by atoms with van der Waals surface area (Å²) in [5, 5.41) is 0. The van der Waals surface area contributed by atoms with Crippen LogP contribution in [0.2, 0.25) is 0 Å². The topological polar surface area (TPSA) is 20.3 Å². The molecule has 1 aromatic carbocycles. The van der Waals surface area contributed by atoms with Crippen LogP contribution < -0.4 is 4.90 Å². The van der Waals surface area contributed by atoms with Crippen molar-refractivity contribution >= 4 is 11.5 Å². The van der Waals surface area contributed by atoms with E-state index in [9.17, 15) is 4.79 Å². The summed E-state index contributed by atoms with van der Waals surface area (Å²) in [6.07, 6.45) is 3.08. The smallest absolute Gasteiger partial charge is 0.164 e. The average Bonchev–Trinajstić information content (AvgIpc) is 2.86. The molecule has 1 saturated heterocycles. The van der Waals surface area contributed by atoms with E-state index in [0.717, 1.165) is 30.3 Å². The SMILES string of the molecule is CCC(=O)c1ccccc1N1CCC(CC)C1. The van der Waals surface area contributed by atoms with Gasteiger partial charge in [0.05, 0.1) is 0 Å². The lowest BCUT2D eigenvalue weighted by Gasteiger charge is -2.21. The van der Waals surface area contributed by atoms with Gasteiger partial charge >= 0.3 is 0 Å². The molecule has 1 atom stereocenters. The fourth-order valence-corrected chi connectivity index (χ4v) is 2.56. The summed E-state index contributed by atoms with van der Waals surface area (Å²) in [5.41, 5.74) is 2.03. The lowest BCUT2D eigenvalue weighted by atomic mass is 10.1. The predicted molar refractivity (Wildman–Crippen MR) is 71.7 cm³/mol. The summed E-state index contributed by atoms with van der Waals surface area (Å²) in [7, 11) is 0. The third kappa shape index (κ3) is 2.51. The second kappa shape index (κ2) is 5.35. The minimum atomic E-state index is 0.251. The fraction of sp³-hybridized carbons (Fsp3) is 0.533. The van der Waals surface area contributed by atoms with Crippen LogP contribution in [0.3, 0.4) is 0 Å². The van der Waals surface area contributed by atoms with Crippen LogP contribution in [0, 0.1) is 5.92 Å². The van der Waals surface area contributed by atoms with E-state index < -0.39 is 0 Å². The zero-order valence-corrected chi connectivity index (χ0v) is 10.8. The Morgan fingerprint density at radius 3 is 2.76 bits per heavy atom. The zero-order chi connectivity index (χ0) is 12.3. The predicted octanol–water partition coefficient (Wildman–Crippen LogP) is 3.52. The first-order chi connectivity index (χ1) is 8.26. The van der Waals surface area contributed by atoms with Crippen LogP contribution in [0.25, 0.3) is 0 Å². The molecule has 1 heterocycles. The van der Waals surface area contributed by atoms with Gasteiger partial charge in [0, 0.05) is 30.8 Å². The Bertz CT molecular complexity index is 400. The molecule has 0 bridgehead atoms. The Kier molecular flexibility index (Phi) is 3.82. The van der Waals surface area contributed by atoms with Gasteiger partial charge in [-0.25, -0.2) is 0 Å². The van der Waals surface area contributed by atoms with Crippen LogP contribution in [-0.4, -0.2) is 18.9 Å². The molecule has 2 heteroatoms. The molecular weight excluding hydrogens is 210 g/mol. The molecule has 0 N–H and O–H groups in total. The Hall–Kier alpha value is -1.31. The first kappa shape index (κ1) is 12.2. The fourth-order valence-electron chi connectivity index (χ4n) is 2.56. The van der Waals surface area contributed by atoms with E-state index in [2.05, 4.69) is 17.9 Å². The maximum absolute atomic E-state index is 11.9. The Labute approximate surface area is 104 Å². The van der Waals surface area contributed by atoms with Gasteiger partial charge in [-0.05, 0) is 24.5 Å². The number of hydrogen-bond donors (Lipinski definition) is 0. The Balaban J connectivity index is 2.23. The number of anilines is 1. The number of ketones is 1. The zero-order valence-electron chi connectivity index (χ0n) is 10.8. The molecule has 1 unspecified atom stereocenters. The number of benzene rings is 1. The molecule has 0 radical (unpaired) electrons. The molecule has 0 aromatic heterocycles. The lowest BCUT2D eigenvalue weighted by Crippen LogP contribution is -2.21. The second-order valence-corrected chi connectivity index (χ2v) is 4.80. The average molecular weight is 231 g/mol. The molecule has 1 aliphatic rings. The number of nitrogens with zero attached hydrogens (tertiary/aromatic N) is 1. The highest BCUT2D eigenvalue weighted by molar-refractivity contribution is 6.01. The van der Waals surface area contributed by atoms with Crippen molar-refractivity contribution in [3.05, 3.63) is 29.8 Å². The second-order valence-electron chi connectivity index (χ2n) is 4.80. The monoisotopic (exact) mass is 231 g/mol. The van der Waals surface area contributed by atoms with E-state index in [1.165, 1.54) is 12.8 Å². The summed E-state index contributed by atoms with van der Waals surface area (Å²) in [6, 6.07) is 8.03. The van der Waals surface area contributed by atoms with Crippen molar-refractivity contribution in [3.63, 3.8) is 0 Å². The molecule has 17 heavy (non-hydrogen) atoms. The van der Waals surface area contributed by atoms with Crippen LogP contribution in [0.1, 0.15) is 43.5 Å². The third-order valence-electron chi connectivity index (χ3n) is 3.73. The maximum atomic E-state index is 11.9. The highest BCUT2D eigenvalue weighted by atomic mass is 16.1. The largest absolute Gasteiger partial charge is 0.371 e. The molecule has 1 aliphatic heterocycles. The molecule has 0 amide bonds. The van der Waals surface area contributed by atoms with Crippen molar-refractivity contribution in [2.75, 3.05) is 18.0 Å². The highest BCUT2D eigenvalue weighted by Crippen LogP contribution is 2.28. The van der Waals surface area contributed by atoms with Crippen LogP contribution in [0.15, 0.2) is 24.3 Å². The van der Waals surface area contributed by atoms with E-state index in [4.69, 9.17) is 0 Å². The molecule has 2 nitrogen and oxygen atoms in total. The Morgan fingerprint density at radius 2 is 2.12 bits per heavy atom. The number of hydrogen-bond acceptors (Lipinski definition) is 2. The standard InChI is InChI=1S/C15H21NO/c1-3-12-9-10-16(11-12)14-8-6-5-7-13(14)15(17)4-2/h5-8,12H,3-4,9-11H2,1-2H3. The number of carbonyl (C=O) groups excluding carboxylic acids is 1. The van der Waals surface area contributed by atoms with Gasteiger partial charge in [-0.1, -0.05) is 32.4 Å². The van der Waals surface area contributed by atoms with Gasteiger partial charge in [0.2, 0.25) is 0 Å². The molecule has 1 fully saturated rings. The first-order valence-corrected chi connectivity index (χ1v) is 6.63. The summed E-state index contributed by atoms with van der Waals surface area (Å²) in [5.74, 6) is 1.04. The van der Waals surface area contributed by atoms with Crippen LogP contribution in [0.4, 0.5) is 5.69 Å². The summed E-state index contributed by atoms with van der Waals surface area (Å²) in [6.45, 7) is 6.37. The molecule has 92 valence electrons. The van der Waals surface area contributed by atoms with Crippen molar-refractivity contribution in [2.24, 2.45) is 5.92 Å². The van der Waals surface area contributed by atoms with E-state index in [-0.39, 0.29) is 5.78 Å². The van der Waals surface area contributed by atoms with Crippen LogP contribution in [0.5, 0.6) is 0 Å². The van der Waals surface area contributed by atoms with Gasteiger partial charge in [-0.15, -0.1) is 0 Å². The van der Waals surface area contributed by atoms with E-state index in [1.54, 1.807) is 0 Å². The normalized spacial score (nSPS) is 19.6. The van der Waals surface area contributed by atoms with Crippen LogP contribution in [-0.2, 0) is 0 Å². The van der Waals surface area contributed by atoms with Crippen molar-refractivity contribution < 1.29 is 4.79 Å². The van der Waals surface area contributed by atoms with Crippen molar-refractivity contribution in [1.29, 1.82) is 0 Å². The quantitative estimate of drug-likeness (QED) is 0.739. The summed E-state index contributed by atoms with van der Waals surface area (Å²) >= 11 is 0. The number of carbonyl (C=O) groups is 1. The van der Waals surface area contributed by atoms with E-state index in [1.807, 2.05) is 25.1 Å². The first-order valence-electron chi connectivity index (χ1n) is 6.63. The summed E-state index contributed by atoms with van der Waals surface area (Å²) < 4.78 is 0. The number of Topliss-reactive ketones (excluding diaryl/α,β-unsaturated/α-hetero) is 1. The van der Waals surface area contributed by atoms with E-state index in [0.29, 0.717) is 6.42 Å². The van der Waals surface area contributed by atoms with Crippen molar-refractivity contribution in [2.45, 2.75) is 33.1 Å². The molecular formula is C15H21NO. The van der Waals surface area contributed by atoms with Gasteiger partial charge in [0.25, 0.3) is 0 Å². The lowest BCUT2D eigenvalue weighted by molar-refractivity contribution is 0.0988. The van der Waals surface area contributed by atoms with Gasteiger partial charge in [0.15, 0.2) is 5.78 Å². The molecule has 0 spiro atoms. The minimum absolute atomic E-state index is 0.251. The molecule has 1 aromatic rings.